The van der Waals surface area contributed by atoms with Crippen molar-refractivity contribution in [3.63, 3.8) is 0 Å². The molecule has 0 saturated heterocycles. The minimum Gasteiger partial charge on any atom is -0.192 e. The molecule has 0 atom stereocenters. The van der Waals surface area contributed by atoms with E-state index in [1.54, 1.807) is 6.07 Å². The van der Waals surface area contributed by atoms with Gasteiger partial charge < -0.3 is 0 Å². The van der Waals surface area contributed by atoms with Crippen LogP contribution in [0.5, 0.6) is 0 Å². The largest absolute Gasteiger partial charge is 0.192 e. The Morgan fingerprint density at radius 1 is 1.67 bits per heavy atom. The predicted molar refractivity (Wildman–Crippen MR) is 34.4 cm³/mol. The molecule has 0 bridgehead atoms. The average Bonchev–Trinajstić information content (AvgIpc) is 1.88. The van der Waals surface area contributed by atoms with E-state index in [0.29, 0.717) is 10.2 Å². The van der Waals surface area contributed by atoms with Crippen LogP contribution in [0.25, 0.3) is 0 Å². The van der Waals surface area contributed by atoms with Crippen molar-refractivity contribution in [3.05, 3.63) is 22.4 Å². The molecule has 0 amide bonds. The highest BCUT2D eigenvalue weighted by Gasteiger charge is 1.90. The van der Waals surface area contributed by atoms with Gasteiger partial charge in [0.2, 0.25) is 0 Å². The van der Waals surface area contributed by atoms with Gasteiger partial charge in [0.15, 0.2) is 0 Å². The highest BCUT2D eigenvalue weighted by molar-refractivity contribution is 9.10. The monoisotopic (exact) mass is 183 g/mol. The maximum absolute atomic E-state index is 8.32. The molecule has 1 aromatic heterocycles. The molecule has 0 aromatic carbocycles. The summed E-state index contributed by atoms with van der Waals surface area (Å²) in [7, 11) is 0. The highest BCUT2D eigenvalue weighted by Crippen LogP contribution is 2.03. The lowest BCUT2D eigenvalue weighted by Crippen LogP contribution is -1.82. The number of nitrogens with zero attached hydrogens (tertiary/aromatic N) is 3. The summed E-state index contributed by atoms with van der Waals surface area (Å²) < 4.78 is 0.585. The number of halogens is 1. The van der Waals surface area contributed by atoms with Gasteiger partial charge in [-0.25, -0.2) is 0 Å². The Labute approximate surface area is 60.5 Å². The van der Waals surface area contributed by atoms with Gasteiger partial charge in [0, 0.05) is 0 Å². The maximum atomic E-state index is 8.32. The molecule has 3 nitrogen and oxygen atoms in total. The number of nitriles is 1. The molecular formula is C5H2BrN3. The Hall–Kier alpha value is -0.950. The van der Waals surface area contributed by atoms with Crippen LogP contribution in [0, 0.1) is 11.3 Å². The first-order valence-corrected chi connectivity index (χ1v) is 3.00. The zero-order chi connectivity index (χ0) is 6.69. The Morgan fingerprint density at radius 2 is 2.44 bits per heavy atom. The number of hydrogen-bond donors (Lipinski definition) is 0. The second-order valence-corrected chi connectivity index (χ2v) is 2.19. The molecule has 0 saturated carbocycles. The van der Waals surface area contributed by atoms with Crippen molar-refractivity contribution < 1.29 is 0 Å². The number of rotatable bonds is 0. The van der Waals surface area contributed by atoms with Crippen molar-refractivity contribution >= 4 is 15.9 Å². The van der Waals surface area contributed by atoms with E-state index in [1.165, 1.54) is 6.20 Å². The van der Waals surface area contributed by atoms with Crippen molar-refractivity contribution in [1.29, 1.82) is 5.26 Å². The van der Waals surface area contributed by atoms with Crippen molar-refractivity contribution in [2.45, 2.75) is 0 Å². The lowest BCUT2D eigenvalue weighted by atomic mass is 10.3. The van der Waals surface area contributed by atoms with Crippen LogP contribution < -0.4 is 0 Å². The molecular weight excluding hydrogens is 182 g/mol. The smallest absolute Gasteiger partial charge is 0.130 e. The minimum absolute atomic E-state index is 0.511. The van der Waals surface area contributed by atoms with Crippen molar-refractivity contribution in [2.24, 2.45) is 0 Å². The van der Waals surface area contributed by atoms with Gasteiger partial charge in [-0.15, -0.1) is 5.10 Å². The first kappa shape index (κ1) is 6.17. The summed E-state index contributed by atoms with van der Waals surface area (Å²) in [5, 5.41) is 15.5. The van der Waals surface area contributed by atoms with Crippen LogP contribution in [0.4, 0.5) is 0 Å². The molecule has 1 heterocycles. The quantitative estimate of drug-likeness (QED) is 0.606. The van der Waals surface area contributed by atoms with Crippen LogP contribution in [-0.4, -0.2) is 10.2 Å². The van der Waals surface area contributed by atoms with Gasteiger partial charge in [-0.1, -0.05) is 0 Å². The third-order valence-corrected chi connectivity index (χ3v) is 1.14. The zero-order valence-corrected chi connectivity index (χ0v) is 5.96. The van der Waals surface area contributed by atoms with Gasteiger partial charge in [0.1, 0.15) is 10.7 Å². The van der Waals surface area contributed by atoms with E-state index in [9.17, 15) is 0 Å². The van der Waals surface area contributed by atoms with E-state index < -0.39 is 0 Å². The molecule has 9 heavy (non-hydrogen) atoms. The molecule has 1 aromatic rings. The summed E-state index contributed by atoms with van der Waals surface area (Å²) in [6, 6.07) is 3.54. The van der Waals surface area contributed by atoms with Gasteiger partial charge in [0.05, 0.1) is 11.8 Å². The van der Waals surface area contributed by atoms with Gasteiger partial charge in [-0.3, -0.25) is 0 Å². The fourth-order valence-corrected chi connectivity index (χ4v) is 0.740. The Bertz CT molecular complexity index is 253. The van der Waals surface area contributed by atoms with Crippen LogP contribution in [0.1, 0.15) is 5.56 Å². The molecule has 4 heteroatoms. The topological polar surface area (TPSA) is 49.6 Å². The lowest BCUT2D eigenvalue weighted by molar-refractivity contribution is 0.999. The van der Waals surface area contributed by atoms with Crippen LogP contribution in [0.3, 0.4) is 0 Å². The summed E-state index contributed by atoms with van der Waals surface area (Å²) in [5.41, 5.74) is 0.511. The molecule has 0 N–H and O–H groups in total. The summed E-state index contributed by atoms with van der Waals surface area (Å²) in [6.07, 6.45) is 1.41. The first-order chi connectivity index (χ1) is 4.33. The number of aromatic nitrogens is 2. The average molecular weight is 184 g/mol. The van der Waals surface area contributed by atoms with E-state index in [2.05, 4.69) is 26.1 Å². The predicted octanol–water partition coefficient (Wildman–Crippen LogP) is 1.11. The first-order valence-electron chi connectivity index (χ1n) is 2.21. The Morgan fingerprint density at radius 3 is 2.89 bits per heavy atom. The molecule has 0 aliphatic rings. The second kappa shape index (κ2) is 2.55. The van der Waals surface area contributed by atoms with E-state index >= 15 is 0 Å². The molecule has 44 valence electrons. The van der Waals surface area contributed by atoms with Gasteiger partial charge in [-0.05, 0) is 22.0 Å². The zero-order valence-electron chi connectivity index (χ0n) is 4.37. The SMILES string of the molecule is N#Cc1cnnc(Br)c1. The molecule has 0 spiro atoms. The second-order valence-electron chi connectivity index (χ2n) is 1.38. The lowest BCUT2D eigenvalue weighted by Gasteiger charge is -1.84. The van der Waals surface area contributed by atoms with Crippen LogP contribution in [0.2, 0.25) is 0 Å². The van der Waals surface area contributed by atoms with Crippen LogP contribution >= 0.6 is 15.9 Å². The summed E-state index contributed by atoms with van der Waals surface area (Å²) in [6.45, 7) is 0. The van der Waals surface area contributed by atoms with Crippen LogP contribution in [0.15, 0.2) is 16.9 Å². The van der Waals surface area contributed by atoms with Crippen molar-refractivity contribution in [1.82, 2.24) is 10.2 Å². The number of hydrogen-bond acceptors (Lipinski definition) is 3. The van der Waals surface area contributed by atoms with Crippen LogP contribution in [-0.2, 0) is 0 Å². The fraction of sp³-hybridized carbons (Fsp3) is 0. The van der Waals surface area contributed by atoms with E-state index in [4.69, 9.17) is 5.26 Å². The van der Waals surface area contributed by atoms with E-state index in [-0.39, 0.29) is 0 Å². The minimum atomic E-state index is 0.511. The van der Waals surface area contributed by atoms with Gasteiger partial charge in [-0.2, -0.15) is 10.4 Å². The highest BCUT2D eigenvalue weighted by atomic mass is 79.9. The molecule has 1 rings (SSSR count). The fourth-order valence-electron chi connectivity index (χ4n) is 0.402. The molecule has 0 aliphatic carbocycles. The molecule has 0 radical (unpaired) electrons. The van der Waals surface area contributed by atoms with Gasteiger partial charge >= 0.3 is 0 Å². The normalized spacial score (nSPS) is 8.44. The third-order valence-electron chi connectivity index (χ3n) is 0.754. The standard InChI is InChI=1S/C5H2BrN3/c6-5-1-4(2-7)3-8-9-5/h1,3H. The Kier molecular flexibility index (Phi) is 1.75. The summed E-state index contributed by atoms with van der Waals surface area (Å²) >= 11 is 3.08. The molecule has 0 fully saturated rings. The van der Waals surface area contributed by atoms with E-state index in [1.807, 2.05) is 6.07 Å². The summed E-state index contributed by atoms with van der Waals surface area (Å²) in [4.78, 5) is 0. The Balaban J connectivity index is 3.12. The van der Waals surface area contributed by atoms with Gasteiger partial charge in [0.25, 0.3) is 0 Å². The molecule has 0 aliphatic heterocycles. The summed E-state index contributed by atoms with van der Waals surface area (Å²) in [5.74, 6) is 0. The van der Waals surface area contributed by atoms with Crippen molar-refractivity contribution in [3.8, 4) is 6.07 Å². The van der Waals surface area contributed by atoms with E-state index in [0.717, 1.165) is 0 Å². The molecule has 0 unspecified atom stereocenters. The maximum Gasteiger partial charge on any atom is 0.130 e. The third kappa shape index (κ3) is 1.47. The van der Waals surface area contributed by atoms with Crippen molar-refractivity contribution in [2.75, 3.05) is 0 Å².